The fourth-order valence-corrected chi connectivity index (χ4v) is 3.47. The lowest BCUT2D eigenvalue weighted by Crippen LogP contribution is -2.09. The third-order valence-electron chi connectivity index (χ3n) is 3.75. The normalized spacial score (nSPS) is 13.6. The molecule has 1 aromatic heterocycles. The fourth-order valence-electron chi connectivity index (χ4n) is 2.58. The number of carbonyl (C=O) groups is 1. The molecule has 1 N–H and O–H groups in total. The summed E-state index contributed by atoms with van der Waals surface area (Å²) in [6, 6.07) is 20.0. The molecule has 3 aromatic rings. The number of thioether (sulfide) groups is 1. The molecule has 0 unspecified atom stereocenters. The van der Waals surface area contributed by atoms with Crippen molar-refractivity contribution in [2.24, 2.45) is 5.10 Å². The molecule has 0 atom stereocenters. The lowest BCUT2D eigenvalue weighted by molar-refractivity contribution is -0.119. The van der Waals surface area contributed by atoms with Crippen molar-refractivity contribution in [1.29, 1.82) is 0 Å². The standard InChI is InChI=1S/C18H15N5OS/c24-16-11-14(19-20-16)12-25-18-22-21-17(13-7-3-1-4-8-13)23(18)15-9-5-2-6-10-15/h1-10H,11-12H2,(H,20,24). The van der Waals surface area contributed by atoms with Crippen molar-refractivity contribution in [2.45, 2.75) is 11.6 Å². The van der Waals surface area contributed by atoms with E-state index in [4.69, 9.17) is 0 Å². The first-order chi connectivity index (χ1) is 12.3. The van der Waals surface area contributed by atoms with Gasteiger partial charge in [0.25, 0.3) is 0 Å². The van der Waals surface area contributed by atoms with E-state index in [1.807, 2.05) is 65.2 Å². The van der Waals surface area contributed by atoms with E-state index in [1.165, 1.54) is 11.8 Å². The predicted octanol–water partition coefficient (Wildman–Crippen LogP) is 2.90. The first kappa shape index (κ1) is 15.6. The second-order valence-corrected chi connectivity index (χ2v) is 6.46. The average molecular weight is 349 g/mol. The summed E-state index contributed by atoms with van der Waals surface area (Å²) < 4.78 is 2.03. The SMILES string of the molecule is O=C1CC(CSc2nnc(-c3ccccc3)n2-c2ccccc2)=NN1. The minimum absolute atomic E-state index is 0.0647. The Kier molecular flexibility index (Phi) is 4.30. The highest BCUT2D eigenvalue weighted by Crippen LogP contribution is 2.28. The van der Waals surface area contributed by atoms with Gasteiger partial charge in [0.15, 0.2) is 11.0 Å². The molecular weight excluding hydrogens is 334 g/mol. The Hall–Kier alpha value is -2.93. The van der Waals surface area contributed by atoms with Gasteiger partial charge in [0.2, 0.25) is 5.91 Å². The molecule has 0 saturated heterocycles. The van der Waals surface area contributed by atoms with Crippen LogP contribution in [0.3, 0.4) is 0 Å². The Bertz CT molecular complexity index is 921. The summed E-state index contributed by atoms with van der Waals surface area (Å²) in [6.45, 7) is 0. The number of hydrogen-bond acceptors (Lipinski definition) is 5. The van der Waals surface area contributed by atoms with Crippen molar-refractivity contribution in [3.05, 3.63) is 60.7 Å². The molecule has 0 fully saturated rings. The van der Waals surface area contributed by atoms with E-state index in [9.17, 15) is 4.79 Å². The molecule has 0 aliphatic carbocycles. The number of hydrogen-bond donors (Lipinski definition) is 1. The Morgan fingerprint density at radius 2 is 1.72 bits per heavy atom. The molecule has 1 aliphatic rings. The first-order valence-electron chi connectivity index (χ1n) is 7.84. The maximum absolute atomic E-state index is 11.3. The maximum atomic E-state index is 11.3. The largest absolute Gasteiger partial charge is 0.273 e. The van der Waals surface area contributed by atoms with Crippen molar-refractivity contribution >= 4 is 23.4 Å². The molecule has 0 radical (unpaired) electrons. The summed E-state index contributed by atoms with van der Waals surface area (Å²) in [6.07, 6.45) is 0.345. The number of rotatable bonds is 5. The highest BCUT2D eigenvalue weighted by Gasteiger charge is 2.19. The van der Waals surface area contributed by atoms with Gasteiger partial charge in [0, 0.05) is 17.0 Å². The third-order valence-corrected chi connectivity index (χ3v) is 4.75. The van der Waals surface area contributed by atoms with Crippen LogP contribution in [0.1, 0.15) is 6.42 Å². The topological polar surface area (TPSA) is 72.2 Å². The molecule has 6 nitrogen and oxygen atoms in total. The number of para-hydroxylation sites is 1. The smallest absolute Gasteiger partial charge is 0.245 e. The van der Waals surface area contributed by atoms with Crippen molar-refractivity contribution in [3.8, 4) is 17.1 Å². The lowest BCUT2D eigenvalue weighted by Gasteiger charge is -2.10. The summed E-state index contributed by atoms with van der Waals surface area (Å²) in [5.41, 5.74) is 5.29. The van der Waals surface area contributed by atoms with Crippen LogP contribution in [0.5, 0.6) is 0 Å². The molecule has 0 saturated carbocycles. The second kappa shape index (κ2) is 6.90. The Morgan fingerprint density at radius 1 is 1.00 bits per heavy atom. The van der Waals surface area contributed by atoms with Crippen LogP contribution in [-0.2, 0) is 4.79 Å². The van der Waals surface area contributed by atoms with Gasteiger partial charge in [-0.15, -0.1) is 10.2 Å². The average Bonchev–Trinajstić information content (AvgIpc) is 3.27. The Morgan fingerprint density at radius 3 is 2.40 bits per heavy atom. The van der Waals surface area contributed by atoms with Crippen molar-refractivity contribution in [3.63, 3.8) is 0 Å². The van der Waals surface area contributed by atoms with Crippen molar-refractivity contribution < 1.29 is 4.79 Å². The second-order valence-electron chi connectivity index (χ2n) is 5.52. The number of hydrazone groups is 1. The lowest BCUT2D eigenvalue weighted by atomic mass is 10.2. The number of carbonyl (C=O) groups excluding carboxylic acids is 1. The van der Waals surface area contributed by atoms with Crippen LogP contribution in [-0.4, -0.2) is 32.1 Å². The minimum Gasteiger partial charge on any atom is -0.273 e. The quantitative estimate of drug-likeness (QED) is 0.719. The molecule has 1 aliphatic heterocycles. The number of benzene rings is 2. The van der Waals surface area contributed by atoms with Crippen LogP contribution in [0.15, 0.2) is 70.9 Å². The highest BCUT2D eigenvalue weighted by atomic mass is 32.2. The third kappa shape index (κ3) is 3.32. The van der Waals surface area contributed by atoms with Gasteiger partial charge < -0.3 is 0 Å². The molecule has 7 heteroatoms. The highest BCUT2D eigenvalue weighted by molar-refractivity contribution is 7.99. The zero-order chi connectivity index (χ0) is 17.1. The van der Waals surface area contributed by atoms with Crippen molar-refractivity contribution in [1.82, 2.24) is 20.2 Å². The number of amides is 1. The van der Waals surface area contributed by atoms with Crippen LogP contribution < -0.4 is 5.43 Å². The number of nitrogens with one attached hydrogen (secondary N) is 1. The molecule has 2 aromatic carbocycles. The Balaban J connectivity index is 1.69. The number of aromatic nitrogens is 3. The number of nitrogens with zero attached hydrogens (tertiary/aromatic N) is 4. The molecule has 25 heavy (non-hydrogen) atoms. The van der Waals surface area contributed by atoms with Crippen LogP contribution in [0.2, 0.25) is 0 Å². The van der Waals surface area contributed by atoms with Crippen LogP contribution >= 0.6 is 11.8 Å². The first-order valence-corrected chi connectivity index (χ1v) is 8.83. The van der Waals surface area contributed by atoms with Crippen LogP contribution in [0.4, 0.5) is 0 Å². The van der Waals surface area contributed by atoms with E-state index in [1.54, 1.807) is 0 Å². The van der Waals surface area contributed by atoms with Crippen LogP contribution in [0.25, 0.3) is 17.1 Å². The van der Waals surface area contributed by atoms with E-state index >= 15 is 0 Å². The molecule has 4 rings (SSSR count). The summed E-state index contributed by atoms with van der Waals surface area (Å²) in [5, 5.41) is 13.6. The molecule has 124 valence electrons. The minimum atomic E-state index is -0.0647. The van der Waals surface area contributed by atoms with E-state index in [0.29, 0.717) is 12.2 Å². The summed E-state index contributed by atoms with van der Waals surface area (Å²) in [7, 11) is 0. The molecule has 0 spiro atoms. The molecule has 1 amide bonds. The van der Waals surface area contributed by atoms with E-state index in [2.05, 4.69) is 20.7 Å². The zero-order valence-corrected chi connectivity index (χ0v) is 14.1. The van der Waals surface area contributed by atoms with E-state index in [0.717, 1.165) is 27.9 Å². The van der Waals surface area contributed by atoms with Gasteiger partial charge in [-0.1, -0.05) is 60.3 Å². The van der Waals surface area contributed by atoms with Gasteiger partial charge in [-0.05, 0) is 12.1 Å². The van der Waals surface area contributed by atoms with Gasteiger partial charge >= 0.3 is 0 Å². The molecule has 2 heterocycles. The van der Waals surface area contributed by atoms with Crippen molar-refractivity contribution in [2.75, 3.05) is 5.75 Å². The maximum Gasteiger partial charge on any atom is 0.245 e. The summed E-state index contributed by atoms with van der Waals surface area (Å²) >= 11 is 1.52. The van der Waals surface area contributed by atoms with Crippen LogP contribution in [0, 0.1) is 0 Å². The summed E-state index contributed by atoms with van der Waals surface area (Å²) in [5.74, 6) is 1.32. The van der Waals surface area contributed by atoms with E-state index in [-0.39, 0.29) is 5.91 Å². The zero-order valence-electron chi connectivity index (χ0n) is 13.3. The molecule has 0 bridgehead atoms. The van der Waals surface area contributed by atoms with E-state index < -0.39 is 0 Å². The fraction of sp³-hybridized carbons (Fsp3) is 0.111. The van der Waals surface area contributed by atoms with Gasteiger partial charge in [-0.3, -0.25) is 9.36 Å². The van der Waals surface area contributed by atoms with Gasteiger partial charge in [-0.2, -0.15) is 5.10 Å². The predicted molar refractivity (Wildman–Crippen MR) is 97.7 cm³/mol. The monoisotopic (exact) mass is 349 g/mol. The van der Waals surface area contributed by atoms with Gasteiger partial charge in [-0.25, -0.2) is 5.43 Å². The molecular formula is C18H15N5OS. The Labute approximate surface area is 149 Å². The van der Waals surface area contributed by atoms with Gasteiger partial charge in [0.05, 0.1) is 12.1 Å². The van der Waals surface area contributed by atoms with Gasteiger partial charge in [0.1, 0.15) is 0 Å². The summed E-state index contributed by atoms with van der Waals surface area (Å²) in [4.78, 5) is 11.3.